The van der Waals surface area contributed by atoms with Crippen molar-refractivity contribution in [2.45, 2.75) is 38.6 Å². The van der Waals surface area contributed by atoms with Crippen molar-refractivity contribution < 1.29 is 28.7 Å². The Morgan fingerprint density at radius 3 is 2.52 bits per heavy atom. The fourth-order valence-electron chi connectivity index (χ4n) is 4.55. The molecule has 3 aliphatic heterocycles. The molecule has 0 spiro atoms. The van der Waals surface area contributed by atoms with Crippen LogP contribution in [-0.4, -0.2) is 73.3 Å². The van der Waals surface area contributed by atoms with Gasteiger partial charge in [0.25, 0.3) is 11.8 Å². The first-order valence-corrected chi connectivity index (χ1v) is 11.3. The van der Waals surface area contributed by atoms with E-state index in [2.05, 4.69) is 15.5 Å². The number of carbonyl (C=O) groups excluding carboxylic acids is 5. The summed E-state index contributed by atoms with van der Waals surface area (Å²) in [6.45, 7) is 4.57. The fraction of sp³-hybridized carbons (Fsp3) is 0.522. The first-order chi connectivity index (χ1) is 15.9. The summed E-state index contributed by atoms with van der Waals surface area (Å²) in [6, 6.07) is 4.21. The molecule has 33 heavy (non-hydrogen) atoms. The molecule has 10 nitrogen and oxygen atoms in total. The second-order valence-electron chi connectivity index (χ2n) is 8.55. The van der Waals surface area contributed by atoms with Crippen LogP contribution in [0.3, 0.4) is 0 Å². The van der Waals surface area contributed by atoms with Crippen LogP contribution in [0.5, 0.6) is 0 Å². The average Bonchev–Trinajstić information content (AvgIpc) is 3.06. The number of anilines is 1. The minimum Gasteiger partial charge on any atom is -0.372 e. The van der Waals surface area contributed by atoms with E-state index in [1.165, 1.54) is 0 Å². The van der Waals surface area contributed by atoms with Crippen LogP contribution in [0.1, 0.15) is 53.3 Å². The number of hydrogen-bond acceptors (Lipinski definition) is 7. The highest BCUT2D eigenvalue weighted by molar-refractivity contribution is 6.23. The molecular formula is C23H28N4O6. The summed E-state index contributed by atoms with van der Waals surface area (Å²) >= 11 is 0. The van der Waals surface area contributed by atoms with Crippen LogP contribution in [0.25, 0.3) is 0 Å². The number of fused-ring (bicyclic) bond motifs is 1. The van der Waals surface area contributed by atoms with E-state index in [0.717, 1.165) is 36.5 Å². The van der Waals surface area contributed by atoms with Crippen molar-refractivity contribution in [2.75, 3.05) is 37.7 Å². The molecule has 0 aliphatic carbocycles. The first kappa shape index (κ1) is 22.9. The zero-order valence-electron chi connectivity index (χ0n) is 18.6. The Balaban J connectivity index is 1.37. The zero-order valence-corrected chi connectivity index (χ0v) is 18.6. The normalized spacial score (nSPS) is 21.3. The molecule has 0 bridgehead atoms. The molecule has 176 valence electrons. The minimum absolute atomic E-state index is 0.0764. The SMILES string of the molecule is CCOCC(=O)NCC1CCN(c2ccc3c(c2)C(=O)N(C2CCC(=O)NC2=O)C3=O)CC1. The maximum atomic E-state index is 13.0. The Bertz CT molecular complexity index is 985. The largest absolute Gasteiger partial charge is 0.372 e. The van der Waals surface area contributed by atoms with Crippen LogP contribution in [0.15, 0.2) is 18.2 Å². The Morgan fingerprint density at radius 1 is 1.09 bits per heavy atom. The summed E-state index contributed by atoms with van der Waals surface area (Å²) in [5.41, 5.74) is 1.41. The van der Waals surface area contributed by atoms with Crippen LogP contribution >= 0.6 is 0 Å². The topological polar surface area (TPSA) is 125 Å². The number of nitrogens with zero attached hydrogens (tertiary/aromatic N) is 2. The summed E-state index contributed by atoms with van der Waals surface area (Å²) in [4.78, 5) is 64.3. The van der Waals surface area contributed by atoms with E-state index in [1.54, 1.807) is 12.1 Å². The highest BCUT2D eigenvalue weighted by atomic mass is 16.5. The minimum atomic E-state index is -0.966. The van der Waals surface area contributed by atoms with E-state index in [-0.39, 0.29) is 36.5 Å². The van der Waals surface area contributed by atoms with Crippen molar-refractivity contribution >= 4 is 35.2 Å². The molecule has 1 aromatic rings. The third kappa shape index (κ3) is 4.75. The second kappa shape index (κ2) is 9.70. The lowest BCUT2D eigenvalue weighted by Crippen LogP contribution is -2.54. The second-order valence-corrected chi connectivity index (χ2v) is 8.55. The Hall–Kier alpha value is -3.27. The van der Waals surface area contributed by atoms with Gasteiger partial charge in [0.2, 0.25) is 17.7 Å². The van der Waals surface area contributed by atoms with Crippen LogP contribution in [-0.2, 0) is 19.1 Å². The van der Waals surface area contributed by atoms with Gasteiger partial charge in [-0.15, -0.1) is 0 Å². The molecule has 1 unspecified atom stereocenters. The van der Waals surface area contributed by atoms with Gasteiger partial charge < -0.3 is 15.0 Å². The number of nitrogens with one attached hydrogen (secondary N) is 2. The third-order valence-electron chi connectivity index (χ3n) is 6.43. The van der Waals surface area contributed by atoms with Gasteiger partial charge in [-0.25, -0.2) is 0 Å². The number of ether oxygens (including phenoxy) is 1. The van der Waals surface area contributed by atoms with Crippen LogP contribution in [0, 0.1) is 5.92 Å². The molecule has 0 radical (unpaired) electrons. The molecule has 5 amide bonds. The van der Waals surface area contributed by atoms with Gasteiger partial charge in [-0.05, 0) is 50.3 Å². The van der Waals surface area contributed by atoms with Gasteiger partial charge in [-0.2, -0.15) is 0 Å². The molecule has 3 aliphatic rings. The highest BCUT2D eigenvalue weighted by Crippen LogP contribution is 2.32. The molecular weight excluding hydrogens is 428 g/mol. The quantitative estimate of drug-likeness (QED) is 0.571. The van der Waals surface area contributed by atoms with Crippen LogP contribution in [0.4, 0.5) is 5.69 Å². The van der Waals surface area contributed by atoms with Gasteiger partial charge in [0.1, 0.15) is 12.6 Å². The number of imide groups is 2. The molecule has 0 aromatic heterocycles. The standard InChI is InChI=1S/C23H28N4O6/c1-2-33-13-20(29)24-12-14-7-9-26(10-8-14)15-3-4-16-17(11-15)23(32)27(22(16)31)18-5-6-19(28)25-21(18)30/h3-4,11,14,18H,2,5-10,12-13H2,1H3,(H,24,29)(H,25,28,30). The molecule has 1 atom stereocenters. The molecule has 1 aromatic carbocycles. The van der Waals surface area contributed by atoms with Crippen molar-refractivity contribution in [2.24, 2.45) is 5.92 Å². The maximum absolute atomic E-state index is 13.0. The average molecular weight is 456 g/mol. The van der Waals surface area contributed by atoms with Gasteiger partial charge in [0, 0.05) is 38.3 Å². The lowest BCUT2D eigenvalue weighted by molar-refractivity contribution is -0.136. The summed E-state index contributed by atoms with van der Waals surface area (Å²) in [7, 11) is 0. The summed E-state index contributed by atoms with van der Waals surface area (Å²) in [5.74, 6) is -1.76. The number of hydrogen-bond donors (Lipinski definition) is 2. The number of carbonyl (C=O) groups is 5. The number of rotatable bonds is 7. The van der Waals surface area contributed by atoms with Crippen molar-refractivity contribution in [1.82, 2.24) is 15.5 Å². The van der Waals surface area contributed by atoms with Gasteiger partial charge >= 0.3 is 0 Å². The van der Waals surface area contributed by atoms with E-state index < -0.39 is 29.7 Å². The fourth-order valence-corrected chi connectivity index (χ4v) is 4.55. The monoisotopic (exact) mass is 456 g/mol. The van der Waals surface area contributed by atoms with Crippen molar-refractivity contribution in [1.29, 1.82) is 0 Å². The summed E-state index contributed by atoms with van der Waals surface area (Å²) < 4.78 is 5.11. The lowest BCUT2D eigenvalue weighted by atomic mass is 9.96. The van der Waals surface area contributed by atoms with Crippen molar-refractivity contribution in [3.63, 3.8) is 0 Å². The zero-order chi connectivity index (χ0) is 23.5. The van der Waals surface area contributed by atoms with Gasteiger partial charge in [-0.3, -0.25) is 34.2 Å². The predicted octanol–water partition coefficient (Wildman–Crippen LogP) is 0.457. The van der Waals surface area contributed by atoms with E-state index in [4.69, 9.17) is 4.74 Å². The molecule has 10 heteroatoms. The highest BCUT2D eigenvalue weighted by Gasteiger charge is 2.44. The van der Waals surface area contributed by atoms with Crippen molar-refractivity contribution in [3.05, 3.63) is 29.3 Å². The molecule has 2 saturated heterocycles. The van der Waals surface area contributed by atoms with Crippen molar-refractivity contribution in [3.8, 4) is 0 Å². The predicted molar refractivity (Wildman–Crippen MR) is 118 cm³/mol. The summed E-state index contributed by atoms with van der Waals surface area (Å²) in [5, 5.41) is 5.11. The third-order valence-corrected chi connectivity index (χ3v) is 6.43. The number of benzene rings is 1. The van der Waals surface area contributed by atoms with Gasteiger partial charge in [0.15, 0.2) is 0 Å². The Kier molecular flexibility index (Phi) is 6.73. The molecule has 0 saturated carbocycles. The molecule has 3 heterocycles. The van der Waals surface area contributed by atoms with E-state index in [9.17, 15) is 24.0 Å². The Labute approximate surface area is 191 Å². The van der Waals surface area contributed by atoms with E-state index in [0.29, 0.717) is 19.1 Å². The van der Waals surface area contributed by atoms with E-state index in [1.807, 2.05) is 13.0 Å². The summed E-state index contributed by atoms with van der Waals surface area (Å²) in [6.07, 6.45) is 2.01. The Morgan fingerprint density at radius 2 is 1.82 bits per heavy atom. The molecule has 2 N–H and O–H groups in total. The van der Waals surface area contributed by atoms with Crippen LogP contribution < -0.4 is 15.5 Å². The molecule has 4 rings (SSSR count). The maximum Gasteiger partial charge on any atom is 0.262 e. The van der Waals surface area contributed by atoms with E-state index >= 15 is 0 Å². The smallest absolute Gasteiger partial charge is 0.262 e. The van der Waals surface area contributed by atoms with Crippen LogP contribution in [0.2, 0.25) is 0 Å². The number of piperidine rings is 2. The number of amides is 5. The van der Waals surface area contributed by atoms with Gasteiger partial charge in [0.05, 0.1) is 11.1 Å². The first-order valence-electron chi connectivity index (χ1n) is 11.3. The lowest BCUT2D eigenvalue weighted by Gasteiger charge is -2.33. The molecule has 2 fully saturated rings. The van der Waals surface area contributed by atoms with Gasteiger partial charge in [-0.1, -0.05) is 0 Å².